The minimum absolute atomic E-state index is 0.239. The van der Waals surface area contributed by atoms with Crippen molar-refractivity contribution < 1.29 is 13.4 Å². The third kappa shape index (κ3) is 1.99. The Labute approximate surface area is 138 Å². The van der Waals surface area contributed by atoms with Crippen molar-refractivity contribution in [3.8, 4) is 11.3 Å². The molecule has 4 heteroatoms. The molecule has 0 bridgehead atoms. The predicted molar refractivity (Wildman–Crippen MR) is 91.3 cm³/mol. The maximum absolute atomic E-state index is 14.7. The second-order valence-corrected chi connectivity index (χ2v) is 5.84. The largest absolute Gasteiger partial charge is 0.457 e. The molecule has 0 atom stereocenters. The van der Waals surface area contributed by atoms with Crippen LogP contribution in [0.1, 0.15) is 5.56 Å². The molecular weight excluding hydrogens is 303 g/mol. The fourth-order valence-corrected chi connectivity index (χ4v) is 3.21. The van der Waals surface area contributed by atoms with Crippen molar-refractivity contribution in [3.05, 3.63) is 71.5 Å². The second kappa shape index (κ2) is 5.17. The van der Waals surface area contributed by atoms with Gasteiger partial charge >= 0.3 is 0 Å². The van der Waals surface area contributed by atoms with Crippen LogP contribution in [0, 0.1) is 19.3 Å². The third-order valence-electron chi connectivity index (χ3n) is 4.32. The Balaban J connectivity index is 2.22. The first kappa shape index (κ1) is 14.4. The molecule has 4 rings (SSSR count). The number of aryl methyl sites for hydroxylation is 2. The van der Waals surface area contributed by atoms with Gasteiger partial charge in [-0.3, -0.25) is 0 Å². The van der Waals surface area contributed by atoms with E-state index in [4.69, 9.17) is 11.0 Å². The lowest BCUT2D eigenvalue weighted by Crippen LogP contribution is -2.30. The molecule has 24 heavy (non-hydrogen) atoms. The van der Waals surface area contributed by atoms with Crippen molar-refractivity contribution in [2.45, 2.75) is 6.92 Å². The maximum atomic E-state index is 14.7. The van der Waals surface area contributed by atoms with Gasteiger partial charge in [-0.05, 0) is 36.8 Å². The van der Waals surface area contributed by atoms with E-state index in [2.05, 4.69) is 4.85 Å². The van der Waals surface area contributed by atoms with Gasteiger partial charge < -0.3 is 4.42 Å². The van der Waals surface area contributed by atoms with E-state index in [0.717, 1.165) is 22.2 Å². The summed E-state index contributed by atoms with van der Waals surface area (Å²) in [6.45, 7) is 9.11. The summed E-state index contributed by atoms with van der Waals surface area (Å²) in [7, 11) is 1.96. The first-order valence-corrected chi connectivity index (χ1v) is 7.58. The van der Waals surface area contributed by atoms with Gasteiger partial charge in [0.05, 0.1) is 17.5 Å². The van der Waals surface area contributed by atoms with Gasteiger partial charge in [0.2, 0.25) is 5.69 Å². The van der Waals surface area contributed by atoms with E-state index in [0.29, 0.717) is 16.6 Å². The summed E-state index contributed by atoms with van der Waals surface area (Å²) in [6, 6.07) is 12.6. The van der Waals surface area contributed by atoms with Crippen molar-refractivity contribution in [1.29, 1.82) is 0 Å². The van der Waals surface area contributed by atoms with Gasteiger partial charge in [-0.25, -0.2) is 13.8 Å². The Morgan fingerprint density at radius 1 is 1.08 bits per heavy atom. The topological polar surface area (TPSA) is 21.4 Å². The number of furan rings is 1. The molecule has 2 aromatic carbocycles. The van der Waals surface area contributed by atoms with Crippen LogP contribution in [-0.2, 0) is 7.05 Å². The number of rotatable bonds is 1. The van der Waals surface area contributed by atoms with Crippen molar-refractivity contribution in [1.82, 2.24) is 0 Å². The summed E-state index contributed by atoms with van der Waals surface area (Å²) in [4.78, 5) is 3.31. The Bertz CT molecular complexity index is 1150. The van der Waals surface area contributed by atoms with E-state index in [9.17, 15) is 4.39 Å². The molecule has 0 saturated carbocycles. The highest BCUT2D eigenvalue weighted by Crippen LogP contribution is 2.40. The fraction of sp³-hybridized carbons (Fsp3) is 0.100. The van der Waals surface area contributed by atoms with Gasteiger partial charge in [0, 0.05) is 17.5 Å². The molecule has 4 aromatic rings. The summed E-state index contributed by atoms with van der Waals surface area (Å²) >= 11 is 0. The molecule has 2 aromatic heterocycles. The van der Waals surface area contributed by atoms with Crippen molar-refractivity contribution in [2.24, 2.45) is 7.05 Å². The monoisotopic (exact) mass is 317 g/mol. The molecule has 116 valence electrons. The molecule has 0 aliphatic heterocycles. The van der Waals surface area contributed by atoms with E-state index in [1.54, 1.807) is 6.07 Å². The number of pyridine rings is 1. The molecule has 0 aliphatic carbocycles. The number of nitrogens with zero attached hydrogens (tertiary/aromatic N) is 2. The lowest BCUT2D eigenvalue weighted by Gasteiger charge is -2.06. The predicted octanol–water partition coefficient (Wildman–Crippen LogP) is 5.08. The quantitative estimate of drug-likeness (QED) is 0.354. The second-order valence-electron chi connectivity index (χ2n) is 5.84. The Kier molecular flexibility index (Phi) is 3.10. The molecule has 0 spiro atoms. The van der Waals surface area contributed by atoms with Crippen molar-refractivity contribution in [2.75, 3.05) is 0 Å². The van der Waals surface area contributed by atoms with Gasteiger partial charge in [-0.2, -0.15) is 0 Å². The molecule has 3 nitrogen and oxygen atoms in total. The third-order valence-corrected chi connectivity index (χ3v) is 4.32. The van der Waals surface area contributed by atoms with E-state index in [1.807, 2.05) is 55.1 Å². The number of benzene rings is 2. The number of hydrogen-bond donors (Lipinski definition) is 0. The van der Waals surface area contributed by atoms with E-state index < -0.39 is 5.82 Å². The lowest BCUT2D eigenvalue weighted by molar-refractivity contribution is -0.660. The van der Waals surface area contributed by atoms with Crippen LogP contribution in [-0.4, -0.2) is 0 Å². The van der Waals surface area contributed by atoms with Crippen LogP contribution < -0.4 is 4.57 Å². The number of aromatic nitrogens is 1. The zero-order valence-electron chi connectivity index (χ0n) is 13.3. The fourth-order valence-electron chi connectivity index (χ4n) is 3.21. The van der Waals surface area contributed by atoms with Crippen LogP contribution in [0.25, 0.3) is 38.0 Å². The number of hydrogen-bond acceptors (Lipinski definition) is 1. The van der Waals surface area contributed by atoms with Gasteiger partial charge in [-0.1, -0.05) is 6.07 Å². The molecule has 0 fully saturated rings. The highest BCUT2D eigenvalue weighted by atomic mass is 19.1. The average molecular weight is 317 g/mol. The summed E-state index contributed by atoms with van der Waals surface area (Å²) < 4.78 is 22.6. The molecule has 0 unspecified atom stereocenters. The standard InChI is InChI=1S/C20H14FN2O/c1-12-7-8-16-20(18(12)15-6-4-5-9-23(15)3)19-14(21)10-13(22-2)11-17(19)24-16/h4-11H,1,3H3/q+1. The molecular formula is C20H14FN2O+. The summed E-state index contributed by atoms with van der Waals surface area (Å²) in [5, 5.41) is 1.18. The minimum atomic E-state index is -0.428. The summed E-state index contributed by atoms with van der Waals surface area (Å²) in [5.74, 6) is -0.428. The lowest BCUT2D eigenvalue weighted by atomic mass is 9.97. The Morgan fingerprint density at radius 2 is 1.92 bits per heavy atom. The zero-order valence-corrected chi connectivity index (χ0v) is 13.3. The first-order valence-electron chi connectivity index (χ1n) is 7.58. The van der Waals surface area contributed by atoms with Crippen LogP contribution in [0.4, 0.5) is 10.1 Å². The minimum Gasteiger partial charge on any atom is -0.457 e. The summed E-state index contributed by atoms with van der Waals surface area (Å²) in [5.41, 5.74) is 4.24. The molecule has 0 aliphatic rings. The smallest absolute Gasteiger partial charge is 0.213 e. The Hall–Kier alpha value is -3.19. The summed E-state index contributed by atoms with van der Waals surface area (Å²) in [6.07, 6.45) is 1.96. The molecule has 0 N–H and O–H groups in total. The van der Waals surface area contributed by atoms with Crippen LogP contribution in [0.2, 0.25) is 0 Å². The van der Waals surface area contributed by atoms with E-state index in [1.165, 1.54) is 6.07 Å². The van der Waals surface area contributed by atoms with E-state index >= 15 is 0 Å². The highest BCUT2D eigenvalue weighted by Gasteiger charge is 2.22. The number of fused-ring (bicyclic) bond motifs is 3. The first-order chi connectivity index (χ1) is 11.6. The maximum Gasteiger partial charge on any atom is 0.213 e. The van der Waals surface area contributed by atoms with Crippen LogP contribution in [0.5, 0.6) is 0 Å². The SMILES string of the molecule is [C-]#[N+]c1cc(F)c2c(c1)oc1ccc(C)c(-c3cccc[n+]3C)c12. The van der Waals surface area contributed by atoms with Gasteiger partial charge in [0.25, 0.3) is 0 Å². The molecule has 0 amide bonds. The van der Waals surface area contributed by atoms with Gasteiger partial charge in [0.1, 0.15) is 24.0 Å². The van der Waals surface area contributed by atoms with Crippen molar-refractivity contribution >= 4 is 27.6 Å². The average Bonchev–Trinajstić information content (AvgIpc) is 2.94. The molecule has 2 heterocycles. The van der Waals surface area contributed by atoms with Gasteiger partial charge in [-0.15, -0.1) is 0 Å². The van der Waals surface area contributed by atoms with Crippen LogP contribution in [0.3, 0.4) is 0 Å². The van der Waals surface area contributed by atoms with Gasteiger partial charge in [0.15, 0.2) is 11.9 Å². The molecule has 0 saturated heterocycles. The van der Waals surface area contributed by atoms with Crippen molar-refractivity contribution in [3.63, 3.8) is 0 Å². The highest BCUT2D eigenvalue weighted by molar-refractivity contribution is 6.13. The number of halogens is 1. The van der Waals surface area contributed by atoms with Crippen LogP contribution in [0.15, 0.2) is 53.1 Å². The zero-order chi connectivity index (χ0) is 16.8. The van der Waals surface area contributed by atoms with E-state index in [-0.39, 0.29) is 5.69 Å². The normalized spacial score (nSPS) is 11.1. The van der Waals surface area contributed by atoms with Crippen LogP contribution >= 0.6 is 0 Å². The Morgan fingerprint density at radius 3 is 2.67 bits per heavy atom. The molecule has 0 radical (unpaired) electrons.